The molecule has 1 aliphatic rings. The number of rotatable bonds is 4. The molecule has 2 rings (SSSR count). The van der Waals surface area contributed by atoms with Gasteiger partial charge in [-0.1, -0.05) is 30.3 Å². The molecule has 1 heterocycles. The molecule has 126 valence electrons. The maximum absolute atomic E-state index is 12.1. The van der Waals surface area contributed by atoms with E-state index >= 15 is 0 Å². The molecule has 0 spiro atoms. The predicted molar refractivity (Wildman–Crippen MR) is 88.0 cm³/mol. The normalized spacial score (nSPS) is 24.9. The topological polar surface area (TPSA) is 70.7 Å². The lowest BCUT2D eigenvalue weighted by molar-refractivity contribution is -0.130. The minimum absolute atomic E-state index is 0.0427. The van der Waals surface area contributed by atoms with E-state index < -0.39 is 6.03 Å². The maximum Gasteiger partial charge on any atom is 0.321 e. The zero-order valence-electron chi connectivity index (χ0n) is 13.9. The van der Waals surface area contributed by atoms with Crippen molar-refractivity contribution in [3.63, 3.8) is 0 Å². The van der Waals surface area contributed by atoms with Gasteiger partial charge in [0.25, 0.3) is 0 Å². The molecule has 1 aliphatic heterocycles. The molecule has 2 N–H and O–H groups in total. The van der Waals surface area contributed by atoms with Gasteiger partial charge in [0, 0.05) is 18.6 Å². The second-order valence-electron chi connectivity index (χ2n) is 5.83. The third-order valence-electron chi connectivity index (χ3n) is 4.09. The highest BCUT2D eigenvalue weighted by atomic mass is 16.5. The molecule has 0 radical (unpaired) electrons. The van der Waals surface area contributed by atoms with Crippen molar-refractivity contribution in [2.45, 2.75) is 39.0 Å². The summed E-state index contributed by atoms with van der Waals surface area (Å²) in [6.45, 7) is 7.09. The molecule has 1 aromatic carbocycles. The Kier molecular flexibility index (Phi) is 6.12. The highest BCUT2D eigenvalue weighted by Gasteiger charge is 2.35. The van der Waals surface area contributed by atoms with Crippen molar-refractivity contribution in [1.29, 1.82) is 0 Å². The molecule has 23 heavy (non-hydrogen) atoms. The van der Waals surface area contributed by atoms with Crippen LogP contribution in [0.25, 0.3) is 0 Å². The van der Waals surface area contributed by atoms with Crippen molar-refractivity contribution < 1.29 is 14.3 Å². The standard InChI is InChI=1S/C17H25N3O3/c1-4-18-17(22)19-15(21)10-20-12(2)11-23-16(13(20)3)14-8-6-5-7-9-14/h5-9,12-13,16H,4,10-11H2,1-3H3,(H2,18,19,21,22)/t12-,13+,16+/m1/s1. The number of amides is 3. The molecule has 3 atom stereocenters. The molecule has 0 aliphatic carbocycles. The van der Waals surface area contributed by atoms with Crippen molar-refractivity contribution >= 4 is 11.9 Å². The van der Waals surface area contributed by atoms with E-state index in [2.05, 4.69) is 15.5 Å². The summed E-state index contributed by atoms with van der Waals surface area (Å²) in [5.74, 6) is -0.302. The first kappa shape index (κ1) is 17.4. The van der Waals surface area contributed by atoms with Crippen molar-refractivity contribution in [1.82, 2.24) is 15.5 Å². The van der Waals surface area contributed by atoms with Crippen molar-refractivity contribution in [2.75, 3.05) is 19.7 Å². The Morgan fingerprint density at radius 3 is 2.61 bits per heavy atom. The van der Waals surface area contributed by atoms with Crippen LogP contribution in [0.4, 0.5) is 4.79 Å². The van der Waals surface area contributed by atoms with E-state index in [1.54, 1.807) is 6.92 Å². The molecule has 6 heteroatoms. The SMILES string of the molecule is CCNC(=O)NC(=O)CN1[C@H](C)CO[C@H](c2ccccc2)[C@@H]1C. The fourth-order valence-corrected chi connectivity index (χ4v) is 2.91. The van der Waals surface area contributed by atoms with E-state index in [9.17, 15) is 9.59 Å². The van der Waals surface area contributed by atoms with Gasteiger partial charge in [0.1, 0.15) is 0 Å². The monoisotopic (exact) mass is 319 g/mol. The third kappa shape index (κ3) is 4.53. The second kappa shape index (κ2) is 8.08. The zero-order valence-corrected chi connectivity index (χ0v) is 13.9. The molecule has 3 amide bonds. The van der Waals surface area contributed by atoms with Crippen LogP contribution >= 0.6 is 0 Å². The number of carbonyl (C=O) groups is 2. The summed E-state index contributed by atoms with van der Waals surface area (Å²) in [6, 6.07) is 9.70. The number of nitrogens with zero attached hydrogens (tertiary/aromatic N) is 1. The number of urea groups is 1. The van der Waals surface area contributed by atoms with Crippen LogP contribution in [0.15, 0.2) is 30.3 Å². The van der Waals surface area contributed by atoms with Gasteiger partial charge < -0.3 is 10.1 Å². The highest BCUT2D eigenvalue weighted by Crippen LogP contribution is 2.30. The van der Waals surface area contributed by atoms with Crippen molar-refractivity contribution in [3.05, 3.63) is 35.9 Å². The number of hydrogen-bond acceptors (Lipinski definition) is 4. The fourth-order valence-electron chi connectivity index (χ4n) is 2.91. The molecule has 0 unspecified atom stereocenters. The Bertz CT molecular complexity index is 535. The summed E-state index contributed by atoms with van der Waals surface area (Å²) in [5.41, 5.74) is 1.10. The number of hydrogen-bond donors (Lipinski definition) is 2. The molecule has 1 aromatic rings. The van der Waals surface area contributed by atoms with Gasteiger partial charge in [-0.05, 0) is 26.3 Å². The minimum Gasteiger partial charge on any atom is -0.370 e. The summed E-state index contributed by atoms with van der Waals surface area (Å²) in [6.07, 6.45) is -0.0790. The molecule has 0 aromatic heterocycles. The first-order chi connectivity index (χ1) is 11.0. The van der Waals surface area contributed by atoms with Crippen LogP contribution in [0.3, 0.4) is 0 Å². The lowest BCUT2D eigenvalue weighted by Crippen LogP contribution is -2.55. The first-order valence-electron chi connectivity index (χ1n) is 8.03. The third-order valence-corrected chi connectivity index (χ3v) is 4.09. The van der Waals surface area contributed by atoms with E-state index in [1.165, 1.54) is 0 Å². The van der Waals surface area contributed by atoms with Crippen molar-refractivity contribution in [2.24, 2.45) is 0 Å². The molecule has 0 bridgehead atoms. The zero-order chi connectivity index (χ0) is 16.8. The second-order valence-corrected chi connectivity index (χ2v) is 5.83. The van der Waals surface area contributed by atoms with E-state index in [-0.39, 0.29) is 30.6 Å². The van der Waals surface area contributed by atoms with Crippen molar-refractivity contribution in [3.8, 4) is 0 Å². The van der Waals surface area contributed by atoms with Gasteiger partial charge in [0.2, 0.25) is 5.91 Å². The highest BCUT2D eigenvalue weighted by molar-refractivity contribution is 5.95. The summed E-state index contributed by atoms with van der Waals surface area (Å²) < 4.78 is 5.97. The van der Waals surface area contributed by atoms with E-state index in [0.29, 0.717) is 13.2 Å². The predicted octanol–water partition coefficient (Wildman–Crippen LogP) is 1.68. The van der Waals surface area contributed by atoms with Crippen LogP contribution in [0.5, 0.6) is 0 Å². The smallest absolute Gasteiger partial charge is 0.321 e. The Balaban J connectivity index is 2.02. The van der Waals surface area contributed by atoms with Gasteiger partial charge in [-0.3, -0.25) is 15.0 Å². The molecule has 0 saturated carbocycles. The lowest BCUT2D eigenvalue weighted by Gasteiger charge is -2.43. The van der Waals surface area contributed by atoms with Crippen LogP contribution in [0.1, 0.15) is 32.4 Å². The summed E-state index contributed by atoms with van der Waals surface area (Å²) in [4.78, 5) is 25.6. The Hall–Kier alpha value is -1.92. The number of carbonyl (C=O) groups excluding carboxylic acids is 2. The van der Waals surface area contributed by atoms with Crippen LogP contribution in [0.2, 0.25) is 0 Å². The largest absolute Gasteiger partial charge is 0.370 e. The molecular weight excluding hydrogens is 294 g/mol. The number of morpholine rings is 1. The number of benzene rings is 1. The lowest BCUT2D eigenvalue weighted by atomic mass is 9.98. The minimum atomic E-state index is -0.453. The summed E-state index contributed by atoms with van der Waals surface area (Å²) >= 11 is 0. The maximum atomic E-state index is 12.1. The first-order valence-corrected chi connectivity index (χ1v) is 8.03. The average Bonchev–Trinajstić information content (AvgIpc) is 2.52. The Labute approximate surface area is 137 Å². The van der Waals surface area contributed by atoms with Gasteiger partial charge in [-0.25, -0.2) is 4.79 Å². The van der Waals surface area contributed by atoms with Crippen LogP contribution in [-0.2, 0) is 9.53 Å². The van der Waals surface area contributed by atoms with Gasteiger partial charge in [0.15, 0.2) is 0 Å². The molecular formula is C17H25N3O3. The molecule has 1 saturated heterocycles. The van der Waals surface area contributed by atoms with E-state index in [4.69, 9.17) is 4.74 Å². The summed E-state index contributed by atoms with van der Waals surface area (Å²) in [7, 11) is 0. The Morgan fingerprint density at radius 2 is 1.96 bits per heavy atom. The van der Waals surface area contributed by atoms with Gasteiger partial charge >= 0.3 is 6.03 Å². The van der Waals surface area contributed by atoms with Crippen LogP contribution in [0, 0.1) is 0 Å². The van der Waals surface area contributed by atoms with E-state index in [1.807, 2.05) is 44.2 Å². The quantitative estimate of drug-likeness (QED) is 0.886. The summed E-state index contributed by atoms with van der Waals surface area (Å²) in [5, 5.41) is 4.91. The van der Waals surface area contributed by atoms with Crippen LogP contribution < -0.4 is 10.6 Å². The van der Waals surface area contributed by atoms with Gasteiger partial charge in [-0.2, -0.15) is 0 Å². The average molecular weight is 319 g/mol. The fraction of sp³-hybridized carbons (Fsp3) is 0.529. The van der Waals surface area contributed by atoms with E-state index in [0.717, 1.165) is 5.56 Å². The molecule has 6 nitrogen and oxygen atoms in total. The number of ether oxygens (including phenoxy) is 1. The molecule has 1 fully saturated rings. The number of imide groups is 1. The number of nitrogens with one attached hydrogen (secondary N) is 2. The van der Waals surface area contributed by atoms with Gasteiger partial charge in [0.05, 0.1) is 19.3 Å². The van der Waals surface area contributed by atoms with Gasteiger partial charge in [-0.15, -0.1) is 0 Å². The Morgan fingerprint density at radius 1 is 1.26 bits per heavy atom. The van der Waals surface area contributed by atoms with Crippen LogP contribution in [-0.4, -0.2) is 48.6 Å².